The van der Waals surface area contributed by atoms with Crippen molar-refractivity contribution >= 4 is 17.7 Å². The smallest absolute Gasteiger partial charge is 0.254 e. The highest BCUT2D eigenvalue weighted by atomic mass is 19.1. The van der Waals surface area contributed by atoms with Crippen molar-refractivity contribution in [1.29, 1.82) is 0 Å². The third-order valence-corrected chi connectivity index (χ3v) is 7.13. The summed E-state index contributed by atoms with van der Waals surface area (Å²) in [6, 6.07) is 2.72. The fourth-order valence-electron chi connectivity index (χ4n) is 4.76. The second-order valence-corrected chi connectivity index (χ2v) is 10.8. The number of nitrogens with zero attached hydrogens (tertiary/aromatic N) is 2. The van der Waals surface area contributed by atoms with Gasteiger partial charge in [0, 0.05) is 31.1 Å². The van der Waals surface area contributed by atoms with Crippen LogP contribution in [0.1, 0.15) is 56.3 Å². The van der Waals surface area contributed by atoms with Gasteiger partial charge >= 0.3 is 0 Å². The number of carbonyl (C=O) groups is 3. The van der Waals surface area contributed by atoms with Gasteiger partial charge in [0.15, 0.2) is 0 Å². The van der Waals surface area contributed by atoms with Gasteiger partial charge in [0.1, 0.15) is 30.2 Å². The molecular formula is C27H40FN3O7. The van der Waals surface area contributed by atoms with Gasteiger partial charge in [-0.25, -0.2) is 4.39 Å². The Labute approximate surface area is 222 Å². The predicted octanol–water partition coefficient (Wildman–Crippen LogP) is 0.275. The van der Waals surface area contributed by atoms with Gasteiger partial charge in [-0.2, -0.15) is 0 Å². The van der Waals surface area contributed by atoms with Gasteiger partial charge in [0.2, 0.25) is 11.8 Å². The van der Waals surface area contributed by atoms with Crippen molar-refractivity contribution in [2.45, 2.75) is 76.3 Å². The van der Waals surface area contributed by atoms with Crippen LogP contribution in [-0.2, 0) is 9.59 Å². The number of β-amino-alcohol motifs (C(OH)–C–C–N with tert-alkyl or cyclic N) is 1. The summed E-state index contributed by atoms with van der Waals surface area (Å²) < 4.78 is 13.5. The zero-order valence-corrected chi connectivity index (χ0v) is 22.0. The molecule has 1 saturated carbocycles. The van der Waals surface area contributed by atoms with Gasteiger partial charge in [-0.15, -0.1) is 0 Å². The fraction of sp³-hybridized carbons (Fsp3) is 0.667. The minimum Gasteiger partial charge on any atom is -0.394 e. The molecule has 2 fully saturated rings. The second kappa shape index (κ2) is 13.5. The zero-order valence-electron chi connectivity index (χ0n) is 22.0. The third-order valence-electron chi connectivity index (χ3n) is 7.13. The van der Waals surface area contributed by atoms with E-state index in [1.807, 2.05) is 13.8 Å². The maximum atomic E-state index is 13.6. The van der Waals surface area contributed by atoms with Crippen LogP contribution >= 0.6 is 0 Å². The Kier molecular flexibility index (Phi) is 10.6. The quantitative estimate of drug-likeness (QED) is 0.362. The van der Waals surface area contributed by atoms with E-state index in [0.717, 1.165) is 12.8 Å². The first-order chi connectivity index (χ1) is 18.0. The predicted molar refractivity (Wildman–Crippen MR) is 136 cm³/mol. The van der Waals surface area contributed by atoms with Crippen molar-refractivity contribution in [1.82, 2.24) is 15.1 Å². The number of nitrogens with one attached hydrogen (secondary N) is 1. The summed E-state index contributed by atoms with van der Waals surface area (Å²) in [6.07, 6.45) is -2.29. The minimum absolute atomic E-state index is 0.00952. The number of aliphatic hydroxyl groups is 4. The molecule has 0 bridgehead atoms. The van der Waals surface area contributed by atoms with Crippen LogP contribution in [0.15, 0.2) is 24.3 Å². The first kappa shape index (κ1) is 29.9. The van der Waals surface area contributed by atoms with Crippen molar-refractivity contribution < 1.29 is 39.2 Å². The van der Waals surface area contributed by atoms with E-state index in [1.165, 1.54) is 34.1 Å². The Bertz CT molecular complexity index is 956. The van der Waals surface area contributed by atoms with Gasteiger partial charge in [0.05, 0.1) is 12.6 Å². The van der Waals surface area contributed by atoms with Crippen molar-refractivity contribution in [3.05, 3.63) is 35.6 Å². The molecule has 0 unspecified atom stereocenters. The molecule has 3 rings (SSSR count). The summed E-state index contributed by atoms with van der Waals surface area (Å²) >= 11 is 0. The lowest BCUT2D eigenvalue weighted by atomic mass is 9.97. The molecule has 5 N–H and O–H groups in total. The molecule has 1 aromatic rings. The summed E-state index contributed by atoms with van der Waals surface area (Å²) in [5.41, 5.74) is 0.205. The van der Waals surface area contributed by atoms with E-state index in [2.05, 4.69) is 5.32 Å². The molecule has 3 amide bonds. The lowest BCUT2D eigenvalue weighted by Crippen LogP contribution is -2.59. The van der Waals surface area contributed by atoms with E-state index in [-0.39, 0.29) is 49.4 Å². The molecule has 11 heteroatoms. The van der Waals surface area contributed by atoms with E-state index < -0.39 is 54.6 Å². The van der Waals surface area contributed by atoms with Crippen LogP contribution in [0.25, 0.3) is 0 Å². The Balaban J connectivity index is 1.94. The van der Waals surface area contributed by atoms with Gasteiger partial charge in [-0.3, -0.25) is 14.4 Å². The average molecular weight is 538 g/mol. The largest absolute Gasteiger partial charge is 0.394 e. The van der Waals surface area contributed by atoms with Gasteiger partial charge < -0.3 is 35.5 Å². The maximum Gasteiger partial charge on any atom is 0.254 e. The first-order valence-corrected chi connectivity index (χ1v) is 13.3. The highest BCUT2D eigenvalue weighted by Gasteiger charge is 2.39. The molecule has 212 valence electrons. The molecule has 1 saturated heterocycles. The minimum atomic E-state index is -1.75. The number of hydrogen-bond donors (Lipinski definition) is 5. The van der Waals surface area contributed by atoms with Gasteiger partial charge in [-0.1, -0.05) is 13.8 Å². The summed E-state index contributed by atoms with van der Waals surface area (Å²) in [7, 11) is 0. The van der Waals surface area contributed by atoms with Crippen LogP contribution < -0.4 is 5.32 Å². The molecule has 2 aliphatic rings. The number of benzene rings is 1. The van der Waals surface area contributed by atoms with Crippen LogP contribution in [0.3, 0.4) is 0 Å². The first-order valence-electron chi connectivity index (χ1n) is 13.3. The summed E-state index contributed by atoms with van der Waals surface area (Å²) in [5.74, 6) is -1.87. The molecule has 0 radical (unpaired) electrons. The van der Waals surface area contributed by atoms with Crippen molar-refractivity contribution in [2.24, 2.45) is 11.8 Å². The number of rotatable bonds is 5. The maximum absolute atomic E-state index is 13.6. The monoisotopic (exact) mass is 537 g/mol. The van der Waals surface area contributed by atoms with E-state index in [1.54, 1.807) is 0 Å². The molecule has 1 heterocycles. The van der Waals surface area contributed by atoms with Crippen LogP contribution in [0.4, 0.5) is 4.39 Å². The Hall–Kier alpha value is -2.60. The fourth-order valence-corrected chi connectivity index (χ4v) is 4.76. The summed E-state index contributed by atoms with van der Waals surface area (Å²) in [6.45, 7) is 3.26. The Morgan fingerprint density at radius 2 is 1.68 bits per heavy atom. The molecule has 38 heavy (non-hydrogen) atoms. The molecule has 1 aliphatic heterocycles. The lowest BCUT2D eigenvalue weighted by molar-refractivity contribution is -0.138. The molecule has 0 aromatic heterocycles. The molecular weight excluding hydrogens is 497 g/mol. The molecule has 1 aliphatic carbocycles. The SMILES string of the molecule is CC(C)C[C@H]1C(=O)N[C@@H](CO)[C@@H](O)[C@H](O)[C@@H](O)CN(C(=O)C2CC2)CCCCN1C(=O)c1ccc(F)cc1. The van der Waals surface area contributed by atoms with Gasteiger partial charge in [0.25, 0.3) is 5.91 Å². The highest BCUT2D eigenvalue weighted by molar-refractivity contribution is 5.97. The van der Waals surface area contributed by atoms with Crippen molar-refractivity contribution in [3.8, 4) is 0 Å². The Morgan fingerprint density at radius 1 is 1.05 bits per heavy atom. The van der Waals surface area contributed by atoms with Crippen LogP contribution in [0.2, 0.25) is 0 Å². The number of aliphatic hydroxyl groups excluding tert-OH is 4. The van der Waals surface area contributed by atoms with Gasteiger partial charge in [-0.05, 0) is 62.3 Å². The number of amides is 3. The summed E-state index contributed by atoms with van der Waals surface area (Å²) in [5, 5.41) is 44.4. The normalized spacial score (nSPS) is 28.1. The zero-order chi connectivity index (χ0) is 28.0. The highest BCUT2D eigenvalue weighted by Crippen LogP contribution is 2.31. The summed E-state index contributed by atoms with van der Waals surface area (Å²) in [4.78, 5) is 42.7. The second-order valence-electron chi connectivity index (χ2n) is 10.8. The number of halogens is 1. The molecule has 1 aromatic carbocycles. The number of hydrogen-bond acceptors (Lipinski definition) is 7. The third kappa shape index (κ3) is 7.72. The number of carbonyl (C=O) groups excluding carboxylic acids is 3. The topological polar surface area (TPSA) is 151 Å². The standard InChI is InChI=1S/C27H40FN3O7/c1-16(2)13-21-25(36)29-20(15-32)23(34)24(35)22(33)14-30(26(37)17-5-6-17)11-3-4-12-31(21)27(38)18-7-9-19(28)10-8-18/h7-10,16-17,20-24,32-35H,3-6,11-15H2,1-2H3,(H,29,36)/t20-,21-,22-,23+,24+/m0/s1. The van der Waals surface area contributed by atoms with E-state index in [9.17, 15) is 39.2 Å². The molecule has 5 atom stereocenters. The van der Waals surface area contributed by atoms with Crippen molar-refractivity contribution in [3.63, 3.8) is 0 Å². The molecule has 0 spiro atoms. The lowest BCUT2D eigenvalue weighted by Gasteiger charge is -2.36. The van der Waals surface area contributed by atoms with Crippen molar-refractivity contribution in [2.75, 3.05) is 26.2 Å². The van der Waals surface area contributed by atoms with E-state index in [4.69, 9.17) is 0 Å². The van der Waals surface area contributed by atoms with Crippen LogP contribution in [0.5, 0.6) is 0 Å². The van der Waals surface area contributed by atoms with Crippen LogP contribution in [-0.4, -0.2) is 105 Å². The van der Waals surface area contributed by atoms with E-state index >= 15 is 0 Å². The average Bonchev–Trinajstić information content (AvgIpc) is 3.73. The Morgan fingerprint density at radius 3 is 2.26 bits per heavy atom. The van der Waals surface area contributed by atoms with E-state index in [0.29, 0.717) is 12.8 Å². The van der Waals surface area contributed by atoms with Crippen LogP contribution in [0, 0.1) is 17.7 Å². The molecule has 10 nitrogen and oxygen atoms in total.